The number of rotatable bonds is 3. The van der Waals surface area contributed by atoms with Crippen LogP contribution in [0.15, 0.2) is 41.0 Å². The summed E-state index contributed by atoms with van der Waals surface area (Å²) in [5.74, 6) is -1.49. The number of carbonyl (C=O) groups is 1. The minimum absolute atomic E-state index is 0.0473. The molecule has 1 amide bonds. The van der Waals surface area contributed by atoms with E-state index in [0.29, 0.717) is 0 Å². The van der Waals surface area contributed by atoms with Crippen LogP contribution in [0.3, 0.4) is 0 Å². The molecular formula is C13H11F2NO2. The Bertz CT molecular complexity index is 552. The number of hydrogen-bond donors (Lipinski definition) is 0. The highest BCUT2D eigenvalue weighted by molar-refractivity contribution is 5.91. The highest BCUT2D eigenvalue weighted by Gasteiger charge is 2.16. The van der Waals surface area contributed by atoms with Crippen molar-refractivity contribution >= 4 is 5.91 Å². The molecule has 0 N–H and O–H groups in total. The second kappa shape index (κ2) is 5.00. The van der Waals surface area contributed by atoms with Gasteiger partial charge < -0.3 is 9.32 Å². The highest BCUT2D eigenvalue weighted by Crippen LogP contribution is 2.13. The van der Waals surface area contributed by atoms with Crippen LogP contribution >= 0.6 is 0 Å². The van der Waals surface area contributed by atoms with Crippen molar-refractivity contribution in [2.75, 3.05) is 7.05 Å². The van der Waals surface area contributed by atoms with Crippen molar-refractivity contribution in [3.8, 4) is 0 Å². The van der Waals surface area contributed by atoms with Gasteiger partial charge in [0.1, 0.15) is 11.6 Å². The van der Waals surface area contributed by atoms with E-state index in [-0.39, 0.29) is 23.8 Å². The molecule has 0 saturated carbocycles. The Labute approximate surface area is 103 Å². The highest BCUT2D eigenvalue weighted by atomic mass is 19.1. The van der Waals surface area contributed by atoms with Crippen molar-refractivity contribution < 1.29 is 18.0 Å². The Morgan fingerprint density at radius 2 is 2.11 bits per heavy atom. The van der Waals surface area contributed by atoms with Gasteiger partial charge in [-0.3, -0.25) is 4.79 Å². The van der Waals surface area contributed by atoms with E-state index < -0.39 is 11.6 Å². The van der Waals surface area contributed by atoms with Gasteiger partial charge in [0.25, 0.3) is 5.91 Å². The lowest BCUT2D eigenvalue weighted by atomic mass is 10.2. The van der Waals surface area contributed by atoms with Crippen LogP contribution in [0.5, 0.6) is 0 Å². The van der Waals surface area contributed by atoms with Gasteiger partial charge in [-0.25, -0.2) is 8.78 Å². The van der Waals surface area contributed by atoms with Gasteiger partial charge in [0.2, 0.25) is 0 Å². The number of amides is 1. The molecule has 1 aromatic carbocycles. The van der Waals surface area contributed by atoms with Gasteiger partial charge in [-0.2, -0.15) is 0 Å². The van der Waals surface area contributed by atoms with E-state index in [0.717, 1.165) is 12.1 Å². The van der Waals surface area contributed by atoms with Crippen molar-refractivity contribution in [1.82, 2.24) is 4.90 Å². The first kappa shape index (κ1) is 12.3. The lowest BCUT2D eigenvalue weighted by Gasteiger charge is -2.16. The number of hydrogen-bond acceptors (Lipinski definition) is 2. The van der Waals surface area contributed by atoms with Gasteiger partial charge in [0.15, 0.2) is 5.76 Å². The zero-order valence-corrected chi connectivity index (χ0v) is 9.69. The summed E-state index contributed by atoms with van der Waals surface area (Å²) < 4.78 is 31.1. The van der Waals surface area contributed by atoms with Crippen LogP contribution in [0, 0.1) is 11.6 Å². The molecule has 0 radical (unpaired) electrons. The minimum Gasteiger partial charge on any atom is -0.459 e. The molecule has 0 aliphatic heterocycles. The molecule has 0 bridgehead atoms. The average Bonchev–Trinajstić information content (AvgIpc) is 2.85. The molecule has 94 valence electrons. The maximum atomic E-state index is 13.4. The molecule has 0 unspecified atom stereocenters. The Morgan fingerprint density at radius 3 is 2.72 bits per heavy atom. The molecule has 0 atom stereocenters. The van der Waals surface area contributed by atoms with Gasteiger partial charge in [0, 0.05) is 25.2 Å². The maximum absolute atomic E-state index is 13.4. The summed E-state index contributed by atoms with van der Waals surface area (Å²) in [6.45, 7) is 0.0473. The fourth-order valence-corrected chi connectivity index (χ4v) is 1.57. The first-order chi connectivity index (χ1) is 8.58. The van der Waals surface area contributed by atoms with Crippen LogP contribution < -0.4 is 0 Å². The van der Waals surface area contributed by atoms with E-state index in [9.17, 15) is 13.6 Å². The van der Waals surface area contributed by atoms with Gasteiger partial charge in [0.05, 0.1) is 6.26 Å². The topological polar surface area (TPSA) is 33.5 Å². The molecule has 0 aliphatic carbocycles. The zero-order valence-electron chi connectivity index (χ0n) is 9.69. The van der Waals surface area contributed by atoms with Crippen molar-refractivity contribution in [2.24, 2.45) is 0 Å². The number of benzene rings is 1. The van der Waals surface area contributed by atoms with Crippen LogP contribution in [-0.2, 0) is 6.54 Å². The predicted octanol–water partition coefficient (Wildman–Crippen LogP) is 2.83. The number of carbonyl (C=O) groups excluding carboxylic acids is 1. The van der Waals surface area contributed by atoms with Gasteiger partial charge >= 0.3 is 0 Å². The Morgan fingerprint density at radius 1 is 1.33 bits per heavy atom. The van der Waals surface area contributed by atoms with Crippen molar-refractivity contribution in [3.05, 3.63) is 59.6 Å². The first-order valence-corrected chi connectivity index (χ1v) is 5.31. The molecule has 18 heavy (non-hydrogen) atoms. The molecular weight excluding hydrogens is 240 g/mol. The largest absolute Gasteiger partial charge is 0.459 e. The minimum atomic E-state index is -0.672. The monoisotopic (exact) mass is 251 g/mol. The quantitative estimate of drug-likeness (QED) is 0.840. The lowest BCUT2D eigenvalue weighted by Crippen LogP contribution is -2.26. The zero-order chi connectivity index (χ0) is 13.1. The number of halogens is 2. The molecule has 2 aromatic rings. The molecule has 5 heteroatoms. The van der Waals surface area contributed by atoms with Crippen LogP contribution in [0.4, 0.5) is 8.78 Å². The molecule has 0 saturated heterocycles. The van der Waals surface area contributed by atoms with Crippen LogP contribution in [0.25, 0.3) is 0 Å². The second-order valence-electron chi connectivity index (χ2n) is 3.87. The third-order valence-corrected chi connectivity index (χ3v) is 2.50. The van der Waals surface area contributed by atoms with Crippen molar-refractivity contribution in [3.63, 3.8) is 0 Å². The Balaban J connectivity index is 2.11. The molecule has 0 aliphatic rings. The summed E-state index contributed by atoms with van der Waals surface area (Å²) in [5.41, 5.74) is 0.249. The molecule has 1 aromatic heterocycles. The summed E-state index contributed by atoms with van der Waals surface area (Å²) in [6.07, 6.45) is 1.39. The maximum Gasteiger partial charge on any atom is 0.289 e. The van der Waals surface area contributed by atoms with E-state index >= 15 is 0 Å². The fraction of sp³-hybridized carbons (Fsp3) is 0.154. The standard InChI is InChI=1S/C13H11F2NO2/c1-16(13(17)12-3-2-6-18-12)8-9-4-5-10(14)7-11(9)15/h2-7H,8H2,1H3. The van der Waals surface area contributed by atoms with E-state index in [4.69, 9.17) is 4.42 Å². The normalized spacial score (nSPS) is 10.4. The number of nitrogens with zero attached hydrogens (tertiary/aromatic N) is 1. The van der Waals surface area contributed by atoms with Crippen molar-refractivity contribution in [2.45, 2.75) is 6.54 Å². The van der Waals surface area contributed by atoms with Gasteiger partial charge in [-0.05, 0) is 18.2 Å². The Hall–Kier alpha value is -2.17. The van der Waals surface area contributed by atoms with Crippen molar-refractivity contribution in [1.29, 1.82) is 0 Å². The van der Waals surface area contributed by atoms with E-state index in [2.05, 4.69) is 0 Å². The summed E-state index contributed by atoms with van der Waals surface area (Å²) in [6, 6.07) is 6.39. The molecule has 3 nitrogen and oxygen atoms in total. The Kier molecular flexibility index (Phi) is 3.41. The smallest absolute Gasteiger partial charge is 0.289 e. The summed E-state index contributed by atoms with van der Waals surface area (Å²) in [4.78, 5) is 13.1. The second-order valence-corrected chi connectivity index (χ2v) is 3.87. The summed E-state index contributed by atoms with van der Waals surface area (Å²) in [5, 5.41) is 0. The van der Waals surface area contributed by atoms with Crippen LogP contribution in [0.1, 0.15) is 16.1 Å². The fourth-order valence-electron chi connectivity index (χ4n) is 1.57. The molecule has 1 heterocycles. The van der Waals surface area contributed by atoms with Gasteiger partial charge in [-0.1, -0.05) is 6.07 Å². The number of furan rings is 1. The molecule has 0 fully saturated rings. The van der Waals surface area contributed by atoms with Gasteiger partial charge in [-0.15, -0.1) is 0 Å². The van der Waals surface area contributed by atoms with Crippen LogP contribution in [0.2, 0.25) is 0 Å². The molecule has 2 rings (SSSR count). The third kappa shape index (κ3) is 2.56. The summed E-state index contributed by atoms with van der Waals surface area (Å²) in [7, 11) is 1.52. The van der Waals surface area contributed by atoms with E-state index in [1.54, 1.807) is 6.07 Å². The summed E-state index contributed by atoms with van der Waals surface area (Å²) >= 11 is 0. The average molecular weight is 251 g/mol. The van der Waals surface area contributed by atoms with E-state index in [1.807, 2.05) is 0 Å². The SMILES string of the molecule is CN(Cc1ccc(F)cc1F)C(=O)c1ccco1. The predicted molar refractivity (Wildman–Crippen MR) is 60.9 cm³/mol. The lowest BCUT2D eigenvalue weighted by molar-refractivity contribution is 0.0752. The third-order valence-electron chi connectivity index (χ3n) is 2.50. The van der Waals surface area contributed by atoms with Crippen LogP contribution in [-0.4, -0.2) is 17.9 Å². The van der Waals surface area contributed by atoms with E-state index in [1.165, 1.54) is 30.3 Å². The first-order valence-electron chi connectivity index (χ1n) is 5.31. The molecule has 0 spiro atoms.